The molecule has 0 bridgehead atoms. The Balaban J connectivity index is 1.61. The molecule has 2 aromatic rings. The van der Waals surface area contributed by atoms with E-state index in [2.05, 4.69) is 10.3 Å². The van der Waals surface area contributed by atoms with Crippen LogP contribution in [0.15, 0.2) is 40.9 Å². The number of nitrogens with zero attached hydrogens (tertiary/aromatic N) is 2. The van der Waals surface area contributed by atoms with E-state index < -0.39 is 64.3 Å². The molecule has 41 heavy (non-hydrogen) atoms. The van der Waals surface area contributed by atoms with Crippen LogP contribution in [0.2, 0.25) is 0 Å². The highest BCUT2D eigenvalue weighted by molar-refractivity contribution is 6.24. The maximum absolute atomic E-state index is 13.7. The fourth-order valence-corrected chi connectivity index (χ4v) is 6.28. The Labute approximate surface area is 233 Å². The lowest BCUT2D eigenvalue weighted by Crippen LogP contribution is -2.66. The van der Waals surface area contributed by atoms with Crippen LogP contribution in [0.25, 0.3) is 5.76 Å². The van der Waals surface area contributed by atoms with E-state index in [0.29, 0.717) is 16.9 Å². The van der Waals surface area contributed by atoms with E-state index >= 15 is 0 Å². The minimum Gasteiger partial charge on any atom is -0.507 e. The van der Waals surface area contributed by atoms with Crippen molar-refractivity contribution in [1.82, 2.24) is 0 Å². The smallest absolute Gasteiger partial charge is 0.230 e. The number of aliphatic imine (C=N–C) groups is 1. The lowest BCUT2D eigenvalue weighted by atomic mass is 9.56. The summed E-state index contributed by atoms with van der Waals surface area (Å²) in [4.78, 5) is 44.8. The van der Waals surface area contributed by atoms with Crippen LogP contribution in [-0.4, -0.2) is 69.7 Å². The molecule has 2 aromatic carbocycles. The number of aromatic hydroxyl groups is 1. The van der Waals surface area contributed by atoms with Crippen molar-refractivity contribution in [2.75, 3.05) is 24.3 Å². The van der Waals surface area contributed by atoms with Gasteiger partial charge in [-0.3, -0.25) is 14.4 Å². The predicted molar refractivity (Wildman–Crippen MR) is 147 cm³/mol. The minimum absolute atomic E-state index is 0.0530. The third-order valence-corrected chi connectivity index (χ3v) is 8.18. The molecule has 5 atom stereocenters. The van der Waals surface area contributed by atoms with E-state index in [0.717, 1.165) is 0 Å². The molecule has 5 rings (SSSR count). The Bertz CT molecular complexity index is 1540. The van der Waals surface area contributed by atoms with Gasteiger partial charge in [0.25, 0.3) is 0 Å². The van der Waals surface area contributed by atoms with E-state index in [4.69, 9.17) is 11.5 Å². The van der Waals surface area contributed by atoms with Crippen molar-refractivity contribution in [3.8, 4) is 5.75 Å². The summed E-state index contributed by atoms with van der Waals surface area (Å²) < 4.78 is 13.3. The van der Waals surface area contributed by atoms with Crippen LogP contribution in [0.1, 0.15) is 24.0 Å². The standard InChI is InChI=1S/C28H30FN5O7/c1-34(2)17-10-16(33-27(31)32-14-5-3-13(29)4-6-14)22(36)20-15(17)8-11-7-12-9-18(35)21(26(30)40)25(39)28(12,41)24(38)19(11)23(20)37/h3-6,10-12,18,21,35-37,41H,7-9H2,1-2H3,(H2,30,40)(H3,31,32,33)/t11-,12+,18?,21?,28+/m1/s1. The van der Waals surface area contributed by atoms with Gasteiger partial charge in [-0.25, -0.2) is 9.38 Å². The predicted octanol–water partition coefficient (Wildman–Crippen LogP) is 0.852. The average Bonchev–Trinajstić information content (AvgIpc) is 2.88. The van der Waals surface area contributed by atoms with Gasteiger partial charge in [0.1, 0.15) is 23.2 Å². The van der Waals surface area contributed by atoms with Crippen LogP contribution in [0.5, 0.6) is 5.75 Å². The van der Waals surface area contributed by atoms with E-state index in [9.17, 15) is 39.2 Å². The first kappa shape index (κ1) is 28.1. The number of rotatable bonds is 4. The van der Waals surface area contributed by atoms with Crippen molar-refractivity contribution in [2.45, 2.75) is 31.0 Å². The van der Waals surface area contributed by atoms with E-state index in [1.807, 2.05) is 0 Å². The molecular formula is C28H30FN5O7. The molecule has 0 spiro atoms. The van der Waals surface area contributed by atoms with Crippen molar-refractivity contribution in [3.05, 3.63) is 52.8 Å². The van der Waals surface area contributed by atoms with Crippen LogP contribution in [0, 0.1) is 23.6 Å². The lowest BCUT2D eigenvalue weighted by Gasteiger charge is -2.48. The Morgan fingerprint density at radius 1 is 1.15 bits per heavy atom. The summed E-state index contributed by atoms with van der Waals surface area (Å²) in [6.45, 7) is 0. The highest BCUT2D eigenvalue weighted by Gasteiger charge is 2.64. The highest BCUT2D eigenvalue weighted by Crippen LogP contribution is 2.54. The van der Waals surface area contributed by atoms with Crippen LogP contribution in [0.4, 0.5) is 21.5 Å². The van der Waals surface area contributed by atoms with Gasteiger partial charge in [0, 0.05) is 37.0 Å². The number of nitrogens with two attached hydrogens (primary N) is 2. The Kier molecular flexibility index (Phi) is 6.74. The number of ketones is 2. The van der Waals surface area contributed by atoms with Crippen molar-refractivity contribution in [1.29, 1.82) is 0 Å². The maximum Gasteiger partial charge on any atom is 0.230 e. The van der Waals surface area contributed by atoms with Crippen LogP contribution in [0.3, 0.4) is 0 Å². The molecule has 2 saturated carbocycles. The number of anilines is 2. The number of halogens is 1. The summed E-state index contributed by atoms with van der Waals surface area (Å²) in [5.41, 5.74) is 9.69. The zero-order chi connectivity index (χ0) is 30.0. The molecule has 12 nitrogen and oxygen atoms in total. The zero-order valence-electron chi connectivity index (χ0n) is 22.3. The Morgan fingerprint density at radius 3 is 2.41 bits per heavy atom. The molecule has 2 unspecified atom stereocenters. The summed E-state index contributed by atoms with van der Waals surface area (Å²) in [5.74, 6) is -8.64. The van der Waals surface area contributed by atoms with Gasteiger partial charge in [-0.15, -0.1) is 0 Å². The number of aliphatic hydroxyl groups is 3. The number of Topliss-reactive ketones (excluding diaryl/α,β-unsaturated/α-hetero) is 2. The number of benzene rings is 2. The number of fused-ring (bicyclic) bond motifs is 3. The number of carbonyl (C=O) groups is 3. The van der Waals surface area contributed by atoms with Crippen LogP contribution in [-0.2, 0) is 20.8 Å². The number of phenols is 1. The molecule has 3 aliphatic rings. The molecule has 0 aromatic heterocycles. The largest absolute Gasteiger partial charge is 0.507 e. The topological polar surface area (TPSA) is 212 Å². The van der Waals surface area contributed by atoms with Crippen LogP contribution < -0.4 is 21.7 Å². The Hall–Kier alpha value is -4.49. The molecule has 3 aliphatic carbocycles. The monoisotopic (exact) mass is 567 g/mol. The highest BCUT2D eigenvalue weighted by atomic mass is 19.1. The van der Waals surface area contributed by atoms with Gasteiger partial charge in [-0.2, -0.15) is 0 Å². The number of guanidine groups is 1. The fraction of sp³-hybridized carbons (Fsp3) is 0.357. The number of amides is 1. The quantitative estimate of drug-likeness (QED) is 0.157. The maximum atomic E-state index is 13.7. The zero-order valence-corrected chi connectivity index (χ0v) is 22.3. The summed E-state index contributed by atoms with van der Waals surface area (Å²) in [5, 5.41) is 47.3. The molecule has 1 amide bonds. The van der Waals surface area contributed by atoms with Crippen LogP contribution >= 0.6 is 0 Å². The van der Waals surface area contributed by atoms with Crippen molar-refractivity contribution in [3.63, 3.8) is 0 Å². The molecule has 0 saturated heterocycles. The fourth-order valence-electron chi connectivity index (χ4n) is 6.28. The number of hydrogen-bond donors (Lipinski definition) is 7. The molecule has 0 aliphatic heterocycles. The number of hydrogen-bond acceptors (Lipinski definition) is 9. The second-order valence-electron chi connectivity index (χ2n) is 10.9. The first-order valence-corrected chi connectivity index (χ1v) is 12.9. The SMILES string of the molecule is CN(C)c1cc(N=C(N)Nc2ccc(F)cc2)c(O)c2c1C[C@H]1C[C@H]3CC(O)C(C(N)=O)C(=O)[C@@]3(O)C(=O)C1=C2O. The average molecular weight is 568 g/mol. The number of nitrogens with one attached hydrogen (secondary N) is 1. The summed E-state index contributed by atoms with van der Waals surface area (Å²) in [7, 11) is 3.48. The molecular weight excluding hydrogens is 537 g/mol. The normalized spacial score (nSPS) is 27.6. The van der Waals surface area contributed by atoms with Gasteiger partial charge in [0.15, 0.2) is 23.1 Å². The van der Waals surface area contributed by atoms with Crippen molar-refractivity contribution >= 4 is 46.3 Å². The summed E-state index contributed by atoms with van der Waals surface area (Å²) in [6, 6.07) is 6.87. The van der Waals surface area contributed by atoms with Gasteiger partial charge < -0.3 is 42.1 Å². The number of phenolic OH excluding ortho intramolecular Hbond substituents is 1. The number of primary amides is 1. The number of carbonyl (C=O) groups excluding carboxylic acids is 3. The first-order valence-electron chi connectivity index (χ1n) is 12.9. The second kappa shape index (κ2) is 9.85. The molecule has 0 heterocycles. The van der Waals surface area contributed by atoms with E-state index in [-0.39, 0.29) is 42.0 Å². The molecule has 216 valence electrons. The van der Waals surface area contributed by atoms with Crippen molar-refractivity contribution < 1.29 is 39.2 Å². The second-order valence-corrected chi connectivity index (χ2v) is 10.9. The third-order valence-electron chi connectivity index (χ3n) is 8.18. The first-order chi connectivity index (χ1) is 19.2. The van der Waals surface area contributed by atoms with E-state index in [1.165, 1.54) is 24.3 Å². The van der Waals surface area contributed by atoms with Gasteiger partial charge in [-0.05, 0) is 61.1 Å². The third kappa shape index (κ3) is 4.37. The number of aliphatic hydroxyl groups excluding tert-OH is 2. The van der Waals surface area contributed by atoms with Crippen molar-refractivity contribution in [2.24, 2.45) is 34.2 Å². The van der Waals surface area contributed by atoms with Gasteiger partial charge in [0.2, 0.25) is 11.7 Å². The lowest BCUT2D eigenvalue weighted by molar-refractivity contribution is -0.174. The van der Waals surface area contributed by atoms with Gasteiger partial charge in [0.05, 0.1) is 11.7 Å². The summed E-state index contributed by atoms with van der Waals surface area (Å²) in [6.07, 6.45) is -1.45. The summed E-state index contributed by atoms with van der Waals surface area (Å²) >= 11 is 0. The molecule has 13 heteroatoms. The van der Waals surface area contributed by atoms with Gasteiger partial charge in [-0.1, -0.05) is 0 Å². The van der Waals surface area contributed by atoms with Gasteiger partial charge >= 0.3 is 0 Å². The molecule has 2 fully saturated rings. The Morgan fingerprint density at radius 2 is 1.80 bits per heavy atom. The molecule has 9 N–H and O–H groups in total. The minimum atomic E-state index is -2.67. The van der Waals surface area contributed by atoms with E-state index in [1.54, 1.807) is 25.1 Å². The molecule has 0 radical (unpaired) electrons.